The summed E-state index contributed by atoms with van der Waals surface area (Å²) in [6.07, 6.45) is 0. The van der Waals surface area contributed by atoms with Crippen molar-refractivity contribution in [3.8, 4) is 0 Å². The summed E-state index contributed by atoms with van der Waals surface area (Å²) in [6.45, 7) is 8.00. The van der Waals surface area contributed by atoms with Crippen molar-refractivity contribution in [2.45, 2.75) is 33.7 Å². The van der Waals surface area contributed by atoms with Crippen molar-refractivity contribution in [2.75, 3.05) is 18.9 Å². The average Bonchev–Trinajstić information content (AvgIpc) is 2.43. The molecule has 1 atom stereocenters. The molecule has 0 saturated heterocycles. The lowest BCUT2D eigenvalue weighted by Gasteiger charge is -2.19. The van der Waals surface area contributed by atoms with Crippen molar-refractivity contribution in [3.63, 3.8) is 0 Å². The Balaban J connectivity index is 2.84. The molecule has 3 N–H and O–H groups in total. The van der Waals surface area contributed by atoms with Crippen LogP contribution in [0.2, 0.25) is 0 Å². The molecule has 0 radical (unpaired) electrons. The molecular weight excluding hydrogens is 266 g/mol. The van der Waals surface area contributed by atoms with Crippen LogP contribution >= 0.6 is 0 Å². The van der Waals surface area contributed by atoms with Crippen LogP contribution in [-0.4, -0.2) is 31.4 Å². The summed E-state index contributed by atoms with van der Waals surface area (Å²) in [5, 5.41) is 8.72. The summed E-state index contributed by atoms with van der Waals surface area (Å²) in [7, 11) is 1.84. The van der Waals surface area contributed by atoms with Crippen LogP contribution in [0.15, 0.2) is 24.3 Å². The topological polar surface area (TPSA) is 70.2 Å². The minimum atomic E-state index is -0.510. The van der Waals surface area contributed by atoms with E-state index in [1.807, 2.05) is 34.7 Å². The van der Waals surface area contributed by atoms with Gasteiger partial charge in [-0.15, -0.1) is 0 Å². The van der Waals surface area contributed by atoms with Gasteiger partial charge in [0.25, 0.3) is 5.91 Å². The van der Waals surface area contributed by atoms with Gasteiger partial charge in [-0.3, -0.25) is 9.59 Å². The standard InChI is InChI=1S/C16H25N3O2/c1-11(17-5)10-18-14(20)12-8-6-7-9-13(12)19-15(21)16(2,3)4/h6-9,11,17H,10H2,1-5H3,(H,18,20)(H,19,21). The number of rotatable bonds is 5. The first-order chi connectivity index (χ1) is 9.75. The van der Waals surface area contributed by atoms with Crippen LogP contribution in [0, 0.1) is 5.41 Å². The number of para-hydroxylation sites is 1. The van der Waals surface area contributed by atoms with Crippen molar-refractivity contribution in [1.82, 2.24) is 10.6 Å². The van der Waals surface area contributed by atoms with E-state index >= 15 is 0 Å². The third kappa shape index (κ3) is 5.19. The van der Waals surface area contributed by atoms with Crippen LogP contribution in [0.5, 0.6) is 0 Å². The van der Waals surface area contributed by atoms with E-state index in [1.54, 1.807) is 24.3 Å². The normalized spacial score (nSPS) is 12.6. The van der Waals surface area contributed by atoms with Crippen LogP contribution in [0.25, 0.3) is 0 Å². The predicted molar refractivity (Wildman–Crippen MR) is 85.4 cm³/mol. The molecule has 1 unspecified atom stereocenters. The lowest BCUT2D eigenvalue weighted by atomic mass is 9.95. The summed E-state index contributed by atoms with van der Waals surface area (Å²) >= 11 is 0. The Morgan fingerprint density at radius 2 is 1.81 bits per heavy atom. The molecule has 0 heterocycles. The van der Waals surface area contributed by atoms with Gasteiger partial charge in [0, 0.05) is 18.0 Å². The molecule has 1 aromatic carbocycles. The van der Waals surface area contributed by atoms with Crippen LogP contribution in [-0.2, 0) is 4.79 Å². The van der Waals surface area contributed by atoms with Crippen molar-refractivity contribution in [1.29, 1.82) is 0 Å². The largest absolute Gasteiger partial charge is 0.350 e. The Morgan fingerprint density at radius 1 is 1.19 bits per heavy atom. The fourth-order valence-electron chi connectivity index (χ4n) is 1.54. The van der Waals surface area contributed by atoms with Gasteiger partial charge < -0.3 is 16.0 Å². The minimum absolute atomic E-state index is 0.119. The first kappa shape index (κ1) is 17.2. The first-order valence-electron chi connectivity index (χ1n) is 7.11. The maximum Gasteiger partial charge on any atom is 0.253 e. The number of hydrogen-bond donors (Lipinski definition) is 3. The maximum atomic E-state index is 12.2. The Labute approximate surface area is 126 Å². The zero-order chi connectivity index (χ0) is 16.0. The molecule has 0 aliphatic heterocycles. The van der Waals surface area contributed by atoms with Crippen molar-refractivity contribution >= 4 is 17.5 Å². The Kier molecular flexibility index (Phi) is 5.90. The van der Waals surface area contributed by atoms with Gasteiger partial charge >= 0.3 is 0 Å². The maximum absolute atomic E-state index is 12.2. The summed E-state index contributed by atoms with van der Waals surface area (Å²) in [5.41, 5.74) is 0.495. The third-order valence-electron chi connectivity index (χ3n) is 3.16. The number of likely N-dealkylation sites (N-methyl/N-ethyl adjacent to an activating group) is 1. The number of anilines is 1. The van der Waals surface area contributed by atoms with Crippen LogP contribution in [0.4, 0.5) is 5.69 Å². The molecule has 0 bridgehead atoms. The van der Waals surface area contributed by atoms with E-state index in [1.165, 1.54) is 0 Å². The van der Waals surface area contributed by atoms with Gasteiger partial charge in [0.15, 0.2) is 0 Å². The van der Waals surface area contributed by atoms with Gasteiger partial charge in [-0.25, -0.2) is 0 Å². The highest BCUT2D eigenvalue weighted by atomic mass is 16.2. The number of nitrogens with one attached hydrogen (secondary N) is 3. The molecule has 2 amide bonds. The zero-order valence-electron chi connectivity index (χ0n) is 13.4. The summed E-state index contributed by atoms with van der Waals surface area (Å²) < 4.78 is 0. The average molecular weight is 291 g/mol. The SMILES string of the molecule is CNC(C)CNC(=O)c1ccccc1NC(=O)C(C)(C)C. The molecule has 0 spiro atoms. The van der Waals surface area contributed by atoms with Crippen molar-refractivity contribution < 1.29 is 9.59 Å². The second kappa shape index (κ2) is 7.22. The Morgan fingerprint density at radius 3 is 2.38 bits per heavy atom. The van der Waals surface area contributed by atoms with Gasteiger partial charge in [-0.1, -0.05) is 32.9 Å². The second-order valence-corrected chi connectivity index (χ2v) is 6.15. The fourth-order valence-corrected chi connectivity index (χ4v) is 1.54. The highest BCUT2D eigenvalue weighted by Crippen LogP contribution is 2.20. The van der Waals surface area contributed by atoms with Gasteiger partial charge in [-0.05, 0) is 26.1 Å². The van der Waals surface area contributed by atoms with Gasteiger partial charge in [-0.2, -0.15) is 0 Å². The number of benzene rings is 1. The van der Waals surface area contributed by atoms with Crippen LogP contribution in [0.3, 0.4) is 0 Å². The predicted octanol–water partition coefficient (Wildman–Crippen LogP) is 2.01. The summed E-state index contributed by atoms with van der Waals surface area (Å²) in [5.74, 6) is -0.312. The fraction of sp³-hybridized carbons (Fsp3) is 0.500. The molecule has 0 aliphatic carbocycles. The van der Waals surface area contributed by atoms with E-state index in [0.717, 1.165) is 0 Å². The molecular formula is C16H25N3O2. The molecule has 0 saturated carbocycles. The number of hydrogen-bond acceptors (Lipinski definition) is 3. The number of carbonyl (C=O) groups excluding carboxylic acids is 2. The van der Waals surface area contributed by atoms with E-state index in [2.05, 4.69) is 16.0 Å². The third-order valence-corrected chi connectivity index (χ3v) is 3.16. The molecule has 0 aromatic heterocycles. The quantitative estimate of drug-likeness (QED) is 0.777. The molecule has 0 fully saturated rings. The monoisotopic (exact) mass is 291 g/mol. The van der Waals surface area contributed by atoms with Gasteiger partial charge in [0.1, 0.15) is 0 Å². The van der Waals surface area contributed by atoms with Crippen LogP contribution < -0.4 is 16.0 Å². The lowest BCUT2D eigenvalue weighted by molar-refractivity contribution is -0.123. The zero-order valence-corrected chi connectivity index (χ0v) is 13.4. The molecule has 116 valence electrons. The van der Waals surface area contributed by atoms with Gasteiger partial charge in [0.05, 0.1) is 11.3 Å². The highest BCUT2D eigenvalue weighted by Gasteiger charge is 2.23. The molecule has 0 aliphatic rings. The smallest absolute Gasteiger partial charge is 0.253 e. The Bertz CT molecular complexity index is 506. The summed E-state index contributed by atoms with van der Waals surface area (Å²) in [6, 6.07) is 7.21. The van der Waals surface area contributed by atoms with E-state index < -0.39 is 5.41 Å². The lowest BCUT2D eigenvalue weighted by Crippen LogP contribution is -2.37. The first-order valence-corrected chi connectivity index (χ1v) is 7.11. The molecule has 1 rings (SSSR count). The molecule has 5 heteroatoms. The van der Waals surface area contributed by atoms with E-state index in [4.69, 9.17) is 0 Å². The van der Waals surface area contributed by atoms with Crippen molar-refractivity contribution in [2.24, 2.45) is 5.41 Å². The minimum Gasteiger partial charge on any atom is -0.350 e. The van der Waals surface area contributed by atoms with E-state index in [9.17, 15) is 9.59 Å². The van der Waals surface area contributed by atoms with Crippen LogP contribution in [0.1, 0.15) is 38.1 Å². The Hall–Kier alpha value is -1.88. The highest BCUT2D eigenvalue weighted by molar-refractivity contribution is 6.04. The summed E-state index contributed by atoms with van der Waals surface area (Å²) in [4.78, 5) is 24.3. The number of carbonyl (C=O) groups is 2. The molecule has 21 heavy (non-hydrogen) atoms. The van der Waals surface area contributed by atoms with Crippen molar-refractivity contribution in [3.05, 3.63) is 29.8 Å². The number of amides is 2. The van der Waals surface area contributed by atoms with E-state index in [0.29, 0.717) is 17.8 Å². The second-order valence-electron chi connectivity index (χ2n) is 6.15. The van der Waals surface area contributed by atoms with E-state index in [-0.39, 0.29) is 17.9 Å². The molecule has 5 nitrogen and oxygen atoms in total. The van der Waals surface area contributed by atoms with Gasteiger partial charge in [0.2, 0.25) is 5.91 Å². The molecule has 1 aromatic rings.